The molecule has 0 fully saturated rings. The molecule has 192 valence electrons. The molecular formula is C30H49MoNO2. The summed E-state index contributed by atoms with van der Waals surface area (Å²) < 4.78 is 0. The van der Waals surface area contributed by atoms with Crippen LogP contribution in [0.4, 0.5) is 0 Å². The summed E-state index contributed by atoms with van der Waals surface area (Å²) in [5, 5.41) is 26.1. The first-order valence-corrected chi connectivity index (χ1v) is 12.4. The summed E-state index contributed by atoms with van der Waals surface area (Å²) in [6, 6.07) is 10.1. The van der Waals surface area contributed by atoms with Crippen molar-refractivity contribution in [3.8, 4) is 0 Å². The van der Waals surface area contributed by atoms with Crippen molar-refractivity contribution in [2.24, 2.45) is 11.8 Å². The normalized spacial score (nSPS) is 12.4. The standard InChI is InChI=1S/C12H17N.C10H12.2C4H10O.Mo/c1-8(2)10-6-5-7-11(9(3)4)12(10)13;1-10(2,3)9-7-5-4-6-8-9;2*1-2-3-4-5;/h5-9H,1-4H3;1,4-8H,2-3H3;2*5H,2-4H2,1H3;. The van der Waals surface area contributed by atoms with Crippen LogP contribution in [0.2, 0.25) is 0 Å². The maximum absolute atomic E-state index is 9.93. The second kappa shape index (κ2) is 22.3. The summed E-state index contributed by atoms with van der Waals surface area (Å²) in [4.78, 5) is 0. The molecule has 34 heavy (non-hydrogen) atoms. The van der Waals surface area contributed by atoms with E-state index in [1.54, 1.807) is 0 Å². The molecule has 2 radical (unpaired) electrons. The minimum absolute atomic E-state index is 0. The van der Waals surface area contributed by atoms with Crippen molar-refractivity contribution in [2.45, 2.75) is 86.5 Å². The van der Waals surface area contributed by atoms with Gasteiger partial charge in [0.25, 0.3) is 0 Å². The Kier molecular flexibility index (Phi) is 24.6. The summed E-state index contributed by atoms with van der Waals surface area (Å²) in [7, 11) is 0. The van der Waals surface area contributed by atoms with Gasteiger partial charge >= 0.3 is 0 Å². The topological polar surface area (TPSA) is 62.8 Å². The maximum Gasteiger partial charge on any atom is 0.0498 e. The van der Waals surface area contributed by atoms with Crippen molar-refractivity contribution in [1.29, 1.82) is 0 Å². The number of allylic oxidation sites excluding steroid dienone is 4. The molecule has 0 unspecified atom stereocenters. The average molecular weight is 552 g/mol. The summed E-state index contributed by atoms with van der Waals surface area (Å²) >= 11 is 0. The average Bonchev–Trinajstić information content (AvgIpc) is 2.76. The van der Waals surface area contributed by atoms with Crippen LogP contribution < -0.4 is 0 Å². The van der Waals surface area contributed by atoms with Crippen LogP contribution in [-0.2, 0) is 26.5 Å². The van der Waals surface area contributed by atoms with E-state index in [1.165, 1.54) is 5.56 Å². The molecule has 0 spiro atoms. The third-order valence-corrected chi connectivity index (χ3v) is 4.88. The zero-order chi connectivity index (χ0) is 25.9. The Labute approximate surface area is 225 Å². The molecule has 1 aliphatic carbocycles. The SMILES string of the molecule is CC(C)C1=CC=C[C+](C(C)C)C1=[N-].CCCCO.CCCCO.[CH]C(C)(C)c1ccccc1.[Mo]. The first-order valence-electron chi connectivity index (χ1n) is 12.4. The summed E-state index contributed by atoms with van der Waals surface area (Å²) in [6.07, 6.45) is 10.1. The van der Waals surface area contributed by atoms with Gasteiger partial charge in [0.05, 0.1) is 0 Å². The Balaban J connectivity index is -0.000000407. The molecule has 2 N–H and O–H groups in total. The molecule has 1 aromatic carbocycles. The Bertz CT molecular complexity index is 648. The predicted molar refractivity (Wildman–Crippen MR) is 146 cm³/mol. The van der Waals surface area contributed by atoms with Crippen LogP contribution in [0.5, 0.6) is 0 Å². The molecule has 3 nitrogen and oxygen atoms in total. The number of rotatable bonds is 7. The van der Waals surface area contributed by atoms with Crippen molar-refractivity contribution in [3.63, 3.8) is 0 Å². The molecular weight excluding hydrogens is 502 g/mol. The molecule has 0 atom stereocenters. The van der Waals surface area contributed by atoms with Gasteiger partial charge < -0.3 is 15.6 Å². The van der Waals surface area contributed by atoms with E-state index in [1.807, 2.05) is 62.4 Å². The monoisotopic (exact) mass is 553 g/mol. The van der Waals surface area contributed by atoms with Gasteiger partial charge in [-0.3, -0.25) is 0 Å². The predicted octanol–water partition coefficient (Wildman–Crippen LogP) is 7.61. The number of unbranched alkanes of at least 4 members (excludes halogenated alkanes) is 2. The van der Waals surface area contributed by atoms with Gasteiger partial charge in [0.1, 0.15) is 0 Å². The van der Waals surface area contributed by atoms with Crippen molar-refractivity contribution in [1.82, 2.24) is 0 Å². The Morgan fingerprint density at radius 3 is 1.68 bits per heavy atom. The van der Waals surface area contributed by atoms with Crippen LogP contribution in [0.15, 0.2) is 54.1 Å². The third-order valence-electron chi connectivity index (χ3n) is 4.88. The molecule has 0 saturated carbocycles. The van der Waals surface area contributed by atoms with Crippen LogP contribution in [0, 0.1) is 24.7 Å². The van der Waals surface area contributed by atoms with Gasteiger partial charge in [0.15, 0.2) is 0 Å². The number of hydrogen-bond acceptors (Lipinski definition) is 2. The molecule has 0 aromatic heterocycles. The number of benzene rings is 1. The number of hydrogen-bond donors (Lipinski definition) is 2. The molecule has 0 bridgehead atoms. The fraction of sp³-hybridized carbons (Fsp3) is 0.567. The third kappa shape index (κ3) is 18.2. The summed E-state index contributed by atoms with van der Waals surface area (Å²) in [6.45, 7) is 23.0. The van der Waals surface area contributed by atoms with Crippen LogP contribution in [0.25, 0.3) is 5.41 Å². The Morgan fingerprint density at radius 2 is 1.41 bits per heavy atom. The number of nitrogens with zero attached hydrogens (tertiary/aromatic N) is 1. The van der Waals surface area contributed by atoms with Crippen molar-refractivity contribution in [3.05, 3.63) is 77.9 Å². The molecule has 0 heterocycles. The van der Waals surface area contributed by atoms with Crippen molar-refractivity contribution < 1.29 is 31.3 Å². The van der Waals surface area contributed by atoms with E-state index in [4.69, 9.17) is 17.1 Å². The second-order valence-corrected chi connectivity index (χ2v) is 9.34. The van der Waals surface area contributed by atoms with Gasteiger partial charge in [0, 0.05) is 75.8 Å². The van der Waals surface area contributed by atoms with E-state index in [-0.39, 0.29) is 26.5 Å². The fourth-order valence-electron chi connectivity index (χ4n) is 2.70. The van der Waals surface area contributed by atoms with Crippen LogP contribution in [0.3, 0.4) is 0 Å². The van der Waals surface area contributed by atoms with Crippen LogP contribution >= 0.6 is 0 Å². The fourth-order valence-corrected chi connectivity index (χ4v) is 2.70. The molecule has 2 rings (SSSR count). The first-order chi connectivity index (χ1) is 15.5. The number of aliphatic hydroxyl groups excluding tert-OH is 2. The van der Waals surface area contributed by atoms with E-state index in [2.05, 4.69) is 41.5 Å². The largest absolute Gasteiger partial charge is 0.778 e. The van der Waals surface area contributed by atoms with Crippen LogP contribution in [0.1, 0.15) is 86.6 Å². The van der Waals surface area contributed by atoms with Gasteiger partial charge in [-0.1, -0.05) is 70.9 Å². The minimum Gasteiger partial charge on any atom is -0.778 e. The smallest absolute Gasteiger partial charge is 0.0498 e. The molecule has 0 saturated heterocycles. The Morgan fingerprint density at radius 1 is 0.941 bits per heavy atom. The molecule has 1 aromatic rings. The zero-order valence-corrected chi connectivity index (χ0v) is 24.9. The summed E-state index contributed by atoms with van der Waals surface area (Å²) in [5.74, 6) is 1.82. The number of aliphatic hydroxyl groups is 2. The van der Waals surface area contributed by atoms with Gasteiger partial charge in [-0.15, -0.1) is 0 Å². The van der Waals surface area contributed by atoms with Crippen LogP contribution in [-0.4, -0.2) is 29.1 Å². The maximum atomic E-state index is 9.93. The van der Waals surface area contributed by atoms with E-state index >= 15 is 0 Å². The van der Waals surface area contributed by atoms with E-state index in [9.17, 15) is 5.41 Å². The molecule has 0 aliphatic heterocycles. The van der Waals surface area contributed by atoms with Crippen molar-refractivity contribution >= 4 is 5.71 Å². The van der Waals surface area contributed by atoms with E-state index < -0.39 is 0 Å². The molecule has 4 heteroatoms. The van der Waals surface area contributed by atoms with Gasteiger partial charge in [0.2, 0.25) is 0 Å². The zero-order valence-electron chi connectivity index (χ0n) is 22.8. The Hall–Kier alpha value is -1.15. The quantitative estimate of drug-likeness (QED) is 0.271. The van der Waals surface area contributed by atoms with Gasteiger partial charge in [-0.05, 0) is 64.2 Å². The van der Waals surface area contributed by atoms with Gasteiger partial charge in [-0.25, -0.2) is 0 Å². The van der Waals surface area contributed by atoms with Crippen molar-refractivity contribution in [2.75, 3.05) is 13.2 Å². The second-order valence-electron chi connectivity index (χ2n) is 9.34. The van der Waals surface area contributed by atoms with Gasteiger partial charge in [-0.2, -0.15) is 0 Å². The summed E-state index contributed by atoms with van der Waals surface area (Å²) in [5.41, 5.74) is 2.50. The first kappa shape index (κ1) is 37.4. The minimum atomic E-state index is -0.207. The van der Waals surface area contributed by atoms with E-state index in [0.717, 1.165) is 37.2 Å². The molecule has 0 amide bonds. The molecule has 1 aliphatic rings. The van der Waals surface area contributed by atoms with E-state index in [0.29, 0.717) is 30.8 Å².